The number of benzene rings is 1. The summed E-state index contributed by atoms with van der Waals surface area (Å²) in [4.78, 5) is 8.99. The van der Waals surface area contributed by atoms with Gasteiger partial charge in [0.1, 0.15) is 0 Å². The molecule has 0 amide bonds. The highest BCUT2D eigenvalue weighted by atomic mass is 16.5. The van der Waals surface area contributed by atoms with Crippen molar-refractivity contribution in [1.82, 2.24) is 9.97 Å². The predicted molar refractivity (Wildman–Crippen MR) is 65.9 cm³/mol. The normalized spacial score (nSPS) is 17.1. The first-order valence-corrected chi connectivity index (χ1v) is 5.74. The van der Waals surface area contributed by atoms with E-state index in [4.69, 9.17) is 10.5 Å². The van der Waals surface area contributed by atoms with Gasteiger partial charge in [0.25, 0.3) is 0 Å². The predicted octanol–water partition coefficient (Wildman–Crippen LogP) is 1.89. The minimum Gasteiger partial charge on any atom is -0.480 e. The van der Waals surface area contributed by atoms with Crippen LogP contribution in [0.5, 0.6) is 5.88 Å². The molecule has 2 aromatic rings. The molecule has 1 aromatic heterocycles. The highest BCUT2D eigenvalue weighted by molar-refractivity contribution is 5.84. The van der Waals surface area contributed by atoms with E-state index in [1.807, 2.05) is 25.1 Å². The van der Waals surface area contributed by atoms with Gasteiger partial charge < -0.3 is 10.5 Å². The highest BCUT2D eigenvalue weighted by Gasteiger charge is 2.43. The molecule has 88 valence electrons. The van der Waals surface area contributed by atoms with Gasteiger partial charge in [-0.25, -0.2) is 4.98 Å². The summed E-state index contributed by atoms with van der Waals surface area (Å²) in [7, 11) is 1.63. The molecule has 3 rings (SSSR count). The second kappa shape index (κ2) is 3.40. The van der Waals surface area contributed by atoms with Crippen molar-refractivity contribution in [3.05, 3.63) is 29.6 Å². The van der Waals surface area contributed by atoms with Crippen LogP contribution in [0.1, 0.15) is 24.2 Å². The number of methoxy groups -OCH3 is 1. The number of aryl methyl sites for hydroxylation is 1. The number of aromatic nitrogens is 2. The van der Waals surface area contributed by atoms with Crippen molar-refractivity contribution < 1.29 is 4.74 Å². The summed E-state index contributed by atoms with van der Waals surface area (Å²) in [5.41, 5.74) is 7.89. The van der Waals surface area contributed by atoms with Gasteiger partial charge in [0, 0.05) is 0 Å². The maximum absolute atomic E-state index is 6.14. The van der Waals surface area contributed by atoms with E-state index in [0.717, 1.165) is 23.7 Å². The summed E-state index contributed by atoms with van der Waals surface area (Å²) in [5, 5.41) is 0.936. The van der Waals surface area contributed by atoms with Gasteiger partial charge in [0.05, 0.1) is 23.6 Å². The number of ether oxygens (including phenoxy) is 1. The third-order valence-corrected chi connectivity index (χ3v) is 3.24. The lowest BCUT2D eigenvalue weighted by molar-refractivity contribution is 0.398. The van der Waals surface area contributed by atoms with E-state index >= 15 is 0 Å². The molecular weight excluding hydrogens is 214 g/mol. The lowest BCUT2D eigenvalue weighted by Crippen LogP contribution is -2.22. The largest absolute Gasteiger partial charge is 0.480 e. The Kier molecular flexibility index (Phi) is 2.10. The molecule has 17 heavy (non-hydrogen) atoms. The second-order valence-electron chi connectivity index (χ2n) is 4.73. The number of hydrogen-bond acceptors (Lipinski definition) is 4. The second-order valence-corrected chi connectivity index (χ2v) is 4.73. The number of hydrogen-bond donors (Lipinski definition) is 1. The number of nitrogens with two attached hydrogens (primary N) is 1. The smallest absolute Gasteiger partial charge is 0.224 e. The lowest BCUT2D eigenvalue weighted by atomic mass is 10.1. The zero-order valence-corrected chi connectivity index (χ0v) is 10.0. The molecule has 1 aromatic carbocycles. The van der Waals surface area contributed by atoms with Crippen LogP contribution >= 0.6 is 0 Å². The Bertz CT molecular complexity index is 590. The van der Waals surface area contributed by atoms with E-state index in [2.05, 4.69) is 9.97 Å². The molecule has 1 aliphatic rings. The van der Waals surface area contributed by atoms with Crippen molar-refractivity contribution >= 4 is 10.9 Å². The zero-order valence-electron chi connectivity index (χ0n) is 10.0. The van der Waals surface area contributed by atoms with Gasteiger partial charge in [-0.15, -0.1) is 0 Å². The van der Waals surface area contributed by atoms with Crippen molar-refractivity contribution in [2.24, 2.45) is 5.73 Å². The third-order valence-electron chi connectivity index (χ3n) is 3.24. The topological polar surface area (TPSA) is 61.0 Å². The first-order valence-electron chi connectivity index (χ1n) is 5.74. The van der Waals surface area contributed by atoms with Crippen LogP contribution in [0.15, 0.2) is 18.2 Å². The minimum atomic E-state index is -0.328. The van der Waals surface area contributed by atoms with Crippen LogP contribution in [0, 0.1) is 6.92 Å². The Morgan fingerprint density at radius 2 is 2.06 bits per heavy atom. The summed E-state index contributed by atoms with van der Waals surface area (Å²) in [6.45, 7) is 2.04. The van der Waals surface area contributed by atoms with E-state index in [0.29, 0.717) is 11.7 Å². The van der Waals surface area contributed by atoms with Gasteiger partial charge in [-0.1, -0.05) is 6.07 Å². The van der Waals surface area contributed by atoms with Crippen molar-refractivity contribution in [2.45, 2.75) is 25.3 Å². The summed E-state index contributed by atoms with van der Waals surface area (Å²) in [5.74, 6) is 1.31. The van der Waals surface area contributed by atoms with E-state index < -0.39 is 0 Å². The molecule has 1 fully saturated rings. The number of rotatable bonds is 2. The summed E-state index contributed by atoms with van der Waals surface area (Å²) in [6.07, 6.45) is 1.90. The van der Waals surface area contributed by atoms with Crippen molar-refractivity contribution in [3.63, 3.8) is 0 Å². The van der Waals surface area contributed by atoms with Crippen LogP contribution in [0.3, 0.4) is 0 Å². The fraction of sp³-hybridized carbons (Fsp3) is 0.385. The van der Waals surface area contributed by atoms with Gasteiger partial charge in [-0.05, 0) is 37.5 Å². The molecule has 0 aliphatic heterocycles. The van der Waals surface area contributed by atoms with E-state index in [9.17, 15) is 0 Å². The first kappa shape index (κ1) is 10.5. The summed E-state index contributed by atoms with van der Waals surface area (Å²) in [6, 6.07) is 6.06. The Morgan fingerprint density at radius 1 is 1.29 bits per heavy atom. The SMILES string of the molecule is COc1nc(C2(N)CC2)nc2cc(C)ccc12. The van der Waals surface area contributed by atoms with Crippen molar-refractivity contribution in [3.8, 4) is 5.88 Å². The average molecular weight is 229 g/mol. The molecule has 1 heterocycles. The van der Waals surface area contributed by atoms with Crippen molar-refractivity contribution in [2.75, 3.05) is 7.11 Å². The molecule has 0 saturated heterocycles. The Morgan fingerprint density at radius 3 is 2.71 bits per heavy atom. The van der Waals surface area contributed by atoms with Gasteiger partial charge in [0.15, 0.2) is 5.82 Å². The van der Waals surface area contributed by atoms with Gasteiger partial charge >= 0.3 is 0 Å². The fourth-order valence-electron chi connectivity index (χ4n) is 1.95. The van der Waals surface area contributed by atoms with Crippen molar-refractivity contribution in [1.29, 1.82) is 0 Å². The number of nitrogens with zero attached hydrogens (tertiary/aromatic N) is 2. The molecule has 0 spiro atoms. The minimum absolute atomic E-state index is 0.328. The van der Waals surface area contributed by atoms with Gasteiger partial charge in [-0.2, -0.15) is 4.98 Å². The molecular formula is C13H15N3O. The molecule has 0 atom stereocenters. The third kappa shape index (κ3) is 1.65. The summed E-state index contributed by atoms with van der Waals surface area (Å²) >= 11 is 0. The standard InChI is InChI=1S/C13H15N3O/c1-8-3-4-9-10(7-8)15-12(13(14)5-6-13)16-11(9)17-2/h3-4,7H,5-6,14H2,1-2H3. The maximum Gasteiger partial charge on any atom is 0.224 e. The van der Waals surface area contributed by atoms with Crippen LogP contribution in [0.25, 0.3) is 10.9 Å². The van der Waals surface area contributed by atoms with Gasteiger partial charge in [0.2, 0.25) is 5.88 Å². The van der Waals surface area contributed by atoms with E-state index in [-0.39, 0.29) is 5.54 Å². The van der Waals surface area contributed by atoms with Crippen LogP contribution in [0.2, 0.25) is 0 Å². The molecule has 4 heteroatoms. The first-order chi connectivity index (χ1) is 8.12. The highest BCUT2D eigenvalue weighted by Crippen LogP contribution is 2.42. The van der Waals surface area contributed by atoms with Gasteiger partial charge in [-0.3, -0.25) is 0 Å². The Balaban J connectivity index is 2.27. The van der Waals surface area contributed by atoms with E-state index in [1.165, 1.54) is 5.56 Å². The molecule has 1 aliphatic carbocycles. The fourth-order valence-corrected chi connectivity index (χ4v) is 1.95. The van der Waals surface area contributed by atoms with Crippen LogP contribution in [-0.4, -0.2) is 17.1 Å². The molecule has 4 nitrogen and oxygen atoms in total. The summed E-state index contributed by atoms with van der Waals surface area (Å²) < 4.78 is 5.32. The van der Waals surface area contributed by atoms with E-state index in [1.54, 1.807) is 7.11 Å². The molecule has 2 N–H and O–H groups in total. The monoisotopic (exact) mass is 229 g/mol. The average Bonchev–Trinajstić information content (AvgIpc) is 3.06. The van der Waals surface area contributed by atoms with Crippen LogP contribution in [0.4, 0.5) is 0 Å². The Hall–Kier alpha value is -1.68. The maximum atomic E-state index is 6.14. The van der Waals surface area contributed by atoms with Crippen LogP contribution < -0.4 is 10.5 Å². The van der Waals surface area contributed by atoms with Crippen LogP contribution in [-0.2, 0) is 5.54 Å². The molecule has 1 saturated carbocycles. The quantitative estimate of drug-likeness (QED) is 0.854. The molecule has 0 bridgehead atoms. The Labute approximate surface area is 99.8 Å². The zero-order chi connectivity index (χ0) is 12.0. The number of fused-ring (bicyclic) bond motifs is 1. The lowest BCUT2D eigenvalue weighted by Gasteiger charge is -2.11. The molecule has 0 radical (unpaired) electrons. The molecule has 0 unspecified atom stereocenters.